The van der Waals surface area contributed by atoms with Crippen LogP contribution >= 0.6 is 24.0 Å². The number of nitrogens with one attached hydrogen (secondary N) is 2. The minimum absolute atomic E-state index is 0. The molecule has 0 unspecified atom stereocenters. The summed E-state index contributed by atoms with van der Waals surface area (Å²) in [7, 11) is 1.77. The van der Waals surface area contributed by atoms with Gasteiger partial charge < -0.3 is 15.4 Å². The third kappa shape index (κ3) is 8.08. The van der Waals surface area contributed by atoms with E-state index >= 15 is 0 Å². The molecule has 0 aliphatic heterocycles. The molecule has 0 atom stereocenters. The van der Waals surface area contributed by atoms with Gasteiger partial charge >= 0.3 is 0 Å². The molecule has 0 saturated carbocycles. The van der Waals surface area contributed by atoms with Gasteiger partial charge in [-0.15, -0.1) is 24.0 Å². The van der Waals surface area contributed by atoms with E-state index < -0.39 is 0 Å². The lowest BCUT2D eigenvalue weighted by molar-refractivity contribution is 0.294. The molecule has 0 aliphatic rings. The molecule has 21 heavy (non-hydrogen) atoms. The highest BCUT2D eigenvalue weighted by molar-refractivity contribution is 14.0. The van der Waals surface area contributed by atoms with Crippen molar-refractivity contribution in [1.82, 2.24) is 15.6 Å². The number of pyridine rings is 1. The molecule has 0 aromatic carbocycles. The maximum absolute atomic E-state index is 5.71. The van der Waals surface area contributed by atoms with Crippen molar-refractivity contribution in [2.75, 3.05) is 20.2 Å². The number of rotatable bonds is 8. The molecular weight excluding hydrogens is 379 g/mol. The van der Waals surface area contributed by atoms with Crippen LogP contribution in [0.5, 0.6) is 5.88 Å². The van der Waals surface area contributed by atoms with Gasteiger partial charge in [-0.3, -0.25) is 4.99 Å². The second kappa shape index (κ2) is 12.7. The second-order valence-electron chi connectivity index (χ2n) is 4.52. The molecule has 1 rings (SSSR count). The van der Waals surface area contributed by atoms with Crippen molar-refractivity contribution in [2.45, 2.75) is 39.7 Å². The zero-order valence-corrected chi connectivity index (χ0v) is 15.5. The van der Waals surface area contributed by atoms with E-state index in [0.717, 1.165) is 37.3 Å². The van der Waals surface area contributed by atoms with Crippen molar-refractivity contribution in [3.63, 3.8) is 0 Å². The average Bonchev–Trinajstić information content (AvgIpc) is 2.49. The monoisotopic (exact) mass is 406 g/mol. The van der Waals surface area contributed by atoms with Gasteiger partial charge in [0.05, 0.1) is 6.61 Å². The summed E-state index contributed by atoms with van der Waals surface area (Å²) in [4.78, 5) is 8.47. The average molecular weight is 406 g/mol. The molecule has 1 aromatic rings. The Morgan fingerprint density at radius 1 is 1.29 bits per heavy atom. The zero-order valence-electron chi connectivity index (χ0n) is 13.2. The summed E-state index contributed by atoms with van der Waals surface area (Å²) in [6.07, 6.45) is 4.99. The standard InChI is InChI=1S/C15H26N4O.HI/c1-4-6-11-20-14-13(8-7-10-17-14)12-19-15(16-3)18-9-5-2;/h7-8,10H,4-6,9,11-12H2,1-3H3,(H2,16,18,19);1H. The summed E-state index contributed by atoms with van der Waals surface area (Å²) in [5.74, 6) is 1.51. The molecule has 6 heteroatoms. The van der Waals surface area contributed by atoms with Gasteiger partial charge in [0.15, 0.2) is 5.96 Å². The maximum Gasteiger partial charge on any atom is 0.218 e. The summed E-state index contributed by atoms with van der Waals surface area (Å²) < 4.78 is 5.71. The van der Waals surface area contributed by atoms with Crippen molar-refractivity contribution >= 4 is 29.9 Å². The molecule has 0 amide bonds. The summed E-state index contributed by atoms with van der Waals surface area (Å²) in [5.41, 5.74) is 1.04. The highest BCUT2D eigenvalue weighted by Crippen LogP contribution is 2.14. The Bertz CT molecular complexity index is 412. The van der Waals surface area contributed by atoms with Crippen LogP contribution in [-0.4, -0.2) is 31.1 Å². The lowest BCUT2D eigenvalue weighted by Gasteiger charge is -2.13. The van der Waals surface area contributed by atoms with Crippen LogP contribution in [0.15, 0.2) is 23.3 Å². The van der Waals surface area contributed by atoms with E-state index in [4.69, 9.17) is 4.74 Å². The molecule has 1 aromatic heterocycles. The van der Waals surface area contributed by atoms with E-state index in [1.807, 2.05) is 12.1 Å². The van der Waals surface area contributed by atoms with Crippen molar-refractivity contribution in [3.8, 4) is 5.88 Å². The fraction of sp³-hybridized carbons (Fsp3) is 0.600. The maximum atomic E-state index is 5.71. The second-order valence-corrected chi connectivity index (χ2v) is 4.52. The molecule has 5 nitrogen and oxygen atoms in total. The number of aromatic nitrogens is 1. The van der Waals surface area contributed by atoms with Gasteiger partial charge in [-0.25, -0.2) is 4.98 Å². The lowest BCUT2D eigenvalue weighted by atomic mass is 10.2. The van der Waals surface area contributed by atoms with Gasteiger partial charge in [0, 0.05) is 31.9 Å². The quantitative estimate of drug-likeness (QED) is 0.302. The fourth-order valence-corrected chi connectivity index (χ4v) is 1.64. The van der Waals surface area contributed by atoms with Crippen LogP contribution in [0.25, 0.3) is 0 Å². The van der Waals surface area contributed by atoms with Crippen LogP contribution in [0.4, 0.5) is 0 Å². The van der Waals surface area contributed by atoms with E-state index in [2.05, 4.69) is 34.5 Å². The molecule has 0 radical (unpaired) electrons. The Labute approximate surface area is 145 Å². The number of hydrogen-bond donors (Lipinski definition) is 2. The topological polar surface area (TPSA) is 58.5 Å². The molecule has 120 valence electrons. The Morgan fingerprint density at radius 2 is 2.10 bits per heavy atom. The van der Waals surface area contributed by atoms with Crippen LogP contribution in [0.1, 0.15) is 38.7 Å². The van der Waals surface area contributed by atoms with Gasteiger partial charge in [0.1, 0.15) is 0 Å². The van der Waals surface area contributed by atoms with Crippen molar-refractivity contribution in [3.05, 3.63) is 23.9 Å². The first-order chi connectivity index (χ1) is 9.81. The number of aliphatic imine (C=N–C) groups is 1. The lowest BCUT2D eigenvalue weighted by Crippen LogP contribution is -2.37. The summed E-state index contributed by atoms with van der Waals surface area (Å²) in [6, 6.07) is 3.94. The Morgan fingerprint density at radius 3 is 2.76 bits per heavy atom. The molecule has 0 spiro atoms. The molecule has 1 heterocycles. The molecule has 0 saturated heterocycles. The normalized spacial score (nSPS) is 10.7. The molecule has 0 bridgehead atoms. The first kappa shape index (κ1) is 19.9. The van der Waals surface area contributed by atoms with E-state index in [9.17, 15) is 0 Å². The van der Waals surface area contributed by atoms with Gasteiger partial charge in [-0.05, 0) is 18.9 Å². The third-order valence-corrected chi connectivity index (χ3v) is 2.80. The van der Waals surface area contributed by atoms with Gasteiger partial charge in [0.2, 0.25) is 5.88 Å². The number of guanidine groups is 1. The Hall–Kier alpha value is -1.05. The number of hydrogen-bond acceptors (Lipinski definition) is 3. The van der Waals surface area contributed by atoms with E-state index in [-0.39, 0.29) is 24.0 Å². The van der Waals surface area contributed by atoms with Gasteiger partial charge in [-0.1, -0.05) is 26.3 Å². The number of ether oxygens (including phenoxy) is 1. The molecule has 0 aliphatic carbocycles. The number of unbranched alkanes of at least 4 members (excludes halogenated alkanes) is 1. The summed E-state index contributed by atoms with van der Waals surface area (Å²) >= 11 is 0. The third-order valence-electron chi connectivity index (χ3n) is 2.80. The van der Waals surface area contributed by atoms with Crippen LogP contribution in [0, 0.1) is 0 Å². The van der Waals surface area contributed by atoms with Crippen molar-refractivity contribution < 1.29 is 4.74 Å². The molecule has 0 fully saturated rings. The SMILES string of the molecule is CCCCOc1ncccc1CNC(=NC)NCCC.I. The van der Waals surface area contributed by atoms with Crippen molar-refractivity contribution in [1.29, 1.82) is 0 Å². The predicted molar refractivity (Wildman–Crippen MR) is 98.5 cm³/mol. The van der Waals surface area contributed by atoms with Gasteiger partial charge in [-0.2, -0.15) is 0 Å². The molecular formula is C15H27IN4O. The minimum atomic E-state index is 0. The van der Waals surface area contributed by atoms with Crippen molar-refractivity contribution in [2.24, 2.45) is 4.99 Å². The summed E-state index contributed by atoms with van der Waals surface area (Å²) in [5, 5.41) is 6.51. The first-order valence-electron chi connectivity index (χ1n) is 7.33. The highest BCUT2D eigenvalue weighted by Gasteiger charge is 2.05. The van der Waals surface area contributed by atoms with Crippen LogP contribution < -0.4 is 15.4 Å². The zero-order chi connectivity index (χ0) is 14.6. The van der Waals surface area contributed by atoms with Crippen LogP contribution in [0.3, 0.4) is 0 Å². The van der Waals surface area contributed by atoms with E-state index in [1.54, 1.807) is 13.2 Å². The predicted octanol–water partition coefficient (Wildman–Crippen LogP) is 2.95. The van der Waals surface area contributed by atoms with Crippen LogP contribution in [0.2, 0.25) is 0 Å². The molecule has 2 N–H and O–H groups in total. The Kier molecular flexibility index (Phi) is 12.0. The summed E-state index contributed by atoms with van der Waals surface area (Å²) in [6.45, 7) is 6.54. The first-order valence-corrected chi connectivity index (χ1v) is 7.33. The van der Waals surface area contributed by atoms with E-state index in [1.165, 1.54) is 0 Å². The highest BCUT2D eigenvalue weighted by atomic mass is 127. The fourth-order valence-electron chi connectivity index (χ4n) is 1.64. The smallest absolute Gasteiger partial charge is 0.218 e. The largest absolute Gasteiger partial charge is 0.477 e. The number of halogens is 1. The van der Waals surface area contributed by atoms with Crippen LogP contribution in [-0.2, 0) is 6.54 Å². The number of nitrogens with zero attached hydrogens (tertiary/aromatic N) is 2. The van der Waals surface area contributed by atoms with E-state index in [0.29, 0.717) is 19.0 Å². The van der Waals surface area contributed by atoms with Gasteiger partial charge in [0.25, 0.3) is 0 Å². The minimum Gasteiger partial charge on any atom is -0.477 e. The Balaban J connectivity index is 0.00000400.